The molecule has 1 N–H and O–H groups in total. The number of carboxylic acid groups (broad SMARTS) is 1. The first-order valence-corrected chi connectivity index (χ1v) is 5.10. The molecule has 0 bridgehead atoms. The third-order valence-electron chi connectivity index (χ3n) is 2.37. The topological polar surface area (TPSA) is 46.5 Å². The Morgan fingerprint density at radius 2 is 2.00 bits per heavy atom. The molecule has 1 aromatic carbocycles. The molecule has 88 valence electrons. The van der Waals surface area contributed by atoms with Gasteiger partial charge in [0.15, 0.2) is 5.60 Å². The second-order valence-corrected chi connectivity index (χ2v) is 3.77. The van der Waals surface area contributed by atoms with Crippen molar-refractivity contribution in [3.63, 3.8) is 0 Å². The number of benzene rings is 1. The van der Waals surface area contributed by atoms with Gasteiger partial charge in [-0.15, -0.1) is 0 Å². The molecule has 1 unspecified atom stereocenters. The molecule has 3 nitrogen and oxygen atoms in total. The SMILES string of the molecule is CCOC(C)(Cc1ccc(F)cc1)C(=O)O. The van der Waals surface area contributed by atoms with E-state index in [4.69, 9.17) is 9.84 Å². The zero-order valence-electron chi connectivity index (χ0n) is 9.37. The Balaban J connectivity index is 2.83. The van der Waals surface area contributed by atoms with Gasteiger partial charge in [0.05, 0.1) is 0 Å². The molecular weight excluding hydrogens is 211 g/mol. The lowest BCUT2D eigenvalue weighted by Gasteiger charge is -2.24. The predicted octanol–water partition coefficient (Wildman–Crippen LogP) is 2.25. The van der Waals surface area contributed by atoms with Gasteiger partial charge in [0.2, 0.25) is 0 Å². The standard InChI is InChI=1S/C12H15FO3/c1-3-16-12(2,11(14)15)8-9-4-6-10(13)7-5-9/h4-7H,3,8H2,1-2H3,(H,14,15). The third-order valence-corrected chi connectivity index (χ3v) is 2.37. The molecule has 0 saturated heterocycles. The summed E-state index contributed by atoms with van der Waals surface area (Å²) in [6.07, 6.45) is 0.219. The molecule has 1 rings (SSSR count). The van der Waals surface area contributed by atoms with Crippen LogP contribution in [-0.4, -0.2) is 23.3 Å². The zero-order chi connectivity index (χ0) is 12.2. The van der Waals surface area contributed by atoms with Crippen LogP contribution >= 0.6 is 0 Å². The number of hydrogen-bond donors (Lipinski definition) is 1. The fourth-order valence-corrected chi connectivity index (χ4v) is 1.50. The maximum Gasteiger partial charge on any atom is 0.336 e. The van der Waals surface area contributed by atoms with Crippen molar-refractivity contribution in [3.8, 4) is 0 Å². The monoisotopic (exact) mass is 226 g/mol. The van der Waals surface area contributed by atoms with E-state index in [0.29, 0.717) is 6.61 Å². The van der Waals surface area contributed by atoms with Crippen molar-refractivity contribution in [2.24, 2.45) is 0 Å². The average Bonchev–Trinajstić information content (AvgIpc) is 2.22. The number of rotatable bonds is 5. The molecule has 0 fully saturated rings. The molecule has 1 atom stereocenters. The molecule has 0 spiro atoms. The number of halogens is 1. The van der Waals surface area contributed by atoms with Crippen LogP contribution in [0.5, 0.6) is 0 Å². The Morgan fingerprint density at radius 1 is 1.44 bits per heavy atom. The molecule has 1 aromatic rings. The summed E-state index contributed by atoms with van der Waals surface area (Å²) in [6.45, 7) is 3.58. The highest BCUT2D eigenvalue weighted by molar-refractivity contribution is 5.77. The van der Waals surface area contributed by atoms with Crippen molar-refractivity contribution >= 4 is 5.97 Å². The second kappa shape index (κ2) is 5.07. The lowest BCUT2D eigenvalue weighted by molar-refractivity contribution is -0.162. The maximum absolute atomic E-state index is 12.7. The summed E-state index contributed by atoms with van der Waals surface area (Å²) >= 11 is 0. The average molecular weight is 226 g/mol. The van der Waals surface area contributed by atoms with Crippen LogP contribution < -0.4 is 0 Å². The highest BCUT2D eigenvalue weighted by Gasteiger charge is 2.33. The molecule has 16 heavy (non-hydrogen) atoms. The van der Waals surface area contributed by atoms with E-state index < -0.39 is 11.6 Å². The van der Waals surface area contributed by atoms with Gasteiger partial charge in [0, 0.05) is 13.0 Å². The summed E-state index contributed by atoms with van der Waals surface area (Å²) in [6, 6.07) is 5.75. The normalized spacial score (nSPS) is 14.4. The minimum atomic E-state index is -1.26. The largest absolute Gasteiger partial charge is 0.479 e. The van der Waals surface area contributed by atoms with Gasteiger partial charge in [-0.25, -0.2) is 9.18 Å². The van der Waals surface area contributed by atoms with E-state index in [1.807, 2.05) is 0 Å². The van der Waals surface area contributed by atoms with E-state index in [0.717, 1.165) is 5.56 Å². The second-order valence-electron chi connectivity index (χ2n) is 3.77. The zero-order valence-corrected chi connectivity index (χ0v) is 9.37. The van der Waals surface area contributed by atoms with Gasteiger partial charge in [-0.2, -0.15) is 0 Å². The summed E-state index contributed by atoms with van der Waals surface area (Å²) in [5.41, 5.74) is -0.521. The number of aliphatic carboxylic acids is 1. The molecular formula is C12H15FO3. The van der Waals surface area contributed by atoms with Crippen LogP contribution in [0.2, 0.25) is 0 Å². The van der Waals surface area contributed by atoms with Crippen molar-refractivity contribution in [1.29, 1.82) is 0 Å². The summed E-state index contributed by atoms with van der Waals surface area (Å²) in [5.74, 6) is -1.35. The van der Waals surface area contributed by atoms with Crippen LogP contribution in [0.3, 0.4) is 0 Å². The van der Waals surface area contributed by atoms with Gasteiger partial charge in [-0.3, -0.25) is 0 Å². The Bertz CT molecular complexity index is 361. The van der Waals surface area contributed by atoms with Crippen molar-refractivity contribution in [3.05, 3.63) is 35.6 Å². The van der Waals surface area contributed by atoms with Crippen molar-refractivity contribution in [1.82, 2.24) is 0 Å². The molecule has 0 heterocycles. The van der Waals surface area contributed by atoms with Crippen LogP contribution in [0.4, 0.5) is 4.39 Å². The van der Waals surface area contributed by atoms with Crippen LogP contribution in [0, 0.1) is 5.82 Å². The predicted molar refractivity (Wildman–Crippen MR) is 57.8 cm³/mol. The van der Waals surface area contributed by atoms with Crippen LogP contribution in [0.15, 0.2) is 24.3 Å². The number of carboxylic acids is 1. The molecule has 0 aliphatic carbocycles. The fraction of sp³-hybridized carbons (Fsp3) is 0.417. The van der Waals surface area contributed by atoms with Crippen LogP contribution in [0.25, 0.3) is 0 Å². The first kappa shape index (κ1) is 12.6. The maximum atomic E-state index is 12.7. The van der Waals surface area contributed by atoms with Crippen LogP contribution in [-0.2, 0) is 16.0 Å². The highest BCUT2D eigenvalue weighted by atomic mass is 19.1. The summed E-state index contributed by atoms with van der Waals surface area (Å²) < 4.78 is 17.9. The molecule has 0 radical (unpaired) electrons. The van der Waals surface area contributed by atoms with Crippen LogP contribution in [0.1, 0.15) is 19.4 Å². The van der Waals surface area contributed by atoms with E-state index in [1.165, 1.54) is 19.1 Å². The Labute approximate surface area is 93.9 Å². The van der Waals surface area contributed by atoms with E-state index >= 15 is 0 Å². The lowest BCUT2D eigenvalue weighted by atomic mass is 9.96. The summed E-state index contributed by atoms with van der Waals surface area (Å²) in [4.78, 5) is 11.1. The van der Waals surface area contributed by atoms with E-state index in [1.54, 1.807) is 19.1 Å². The molecule has 4 heteroatoms. The van der Waals surface area contributed by atoms with Gasteiger partial charge >= 0.3 is 5.97 Å². The molecule has 0 aliphatic rings. The smallest absolute Gasteiger partial charge is 0.336 e. The summed E-state index contributed by atoms with van der Waals surface area (Å²) in [5, 5.41) is 9.08. The van der Waals surface area contributed by atoms with Gasteiger partial charge < -0.3 is 9.84 Å². The van der Waals surface area contributed by atoms with E-state index in [-0.39, 0.29) is 12.2 Å². The van der Waals surface area contributed by atoms with Crippen molar-refractivity contribution in [2.45, 2.75) is 25.9 Å². The Kier molecular flexibility index (Phi) is 4.01. The quantitative estimate of drug-likeness (QED) is 0.837. The van der Waals surface area contributed by atoms with Gasteiger partial charge in [0.1, 0.15) is 5.82 Å². The van der Waals surface area contributed by atoms with Crippen molar-refractivity contribution < 1.29 is 19.0 Å². The summed E-state index contributed by atoms with van der Waals surface area (Å²) in [7, 11) is 0. The molecule has 0 aromatic heterocycles. The number of carbonyl (C=O) groups is 1. The Hall–Kier alpha value is -1.42. The van der Waals surface area contributed by atoms with Crippen molar-refractivity contribution in [2.75, 3.05) is 6.61 Å². The number of ether oxygens (including phenoxy) is 1. The van der Waals surface area contributed by atoms with E-state index in [9.17, 15) is 9.18 Å². The van der Waals surface area contributed by atoms with E-state index in [2.05, 4.69) is 0 Å². The lowest BCUT2D eigenvalue weighted by Crippen LogP contribution is -2.40. The highest BCUT2D eigenvalue weighted by Crippen LogP contribution is 2.18. The molecule has 0 saturated carbocycles. The Morgan fingerprint density at radius 3 is 2.44 bits per heavy atom. The molecule has 0 aliphatic heterocycles. The third kappa shape index (κ3) is 3.03. The first-order chi connectivity index (χ1) is 7.48. The number of hydrogen-bond acceptors (Lipinski definition) is 2. The first-order valence-electron chi connectivity index (χ1n) is 5.10. The minimum absolute atomic E-state index is 0.219. The minimum Gasteiger partial charge on any atom is -0.479 e. The van der Waals surface area contributed by atoms with Gasteiger partial charge in [-0.1, -0.05) is 12.1 Å². The van der Waals surface area contributed by atoms with Gasteiger partial charge in [-0.05, 0) is 31.5 Å². The van der Waals surface area contributed by atoms with Gasteiger partial charge in [0.25, 0.3) is 0 Å². The fourth-order valence-electron chi connectivity index (χ4n) is 1.50. The molecule has 0 amide bonds.